The number of carboxylic acids is 1. The van der Waals surface area contributed by atoms with E-state index in [1.54, 1.807) is 13.8 Å². The van der Waals surface area contributed by atoms with Crippen LogP contribution in [0.2, 0.25) is 5.02 Å². The summed E-state index contributed by atoms with van der Waals surface area (Å²) < 4.78 is 19.0. The van der Waals surface area contributed by atoms with Gasteiger partial charge in [0.15, 0.2) is 0 Å². The van der Waals surface area contributed by atoms with E-state index in [1.807, 2.05) is 6.92 Å². The van der Waals surface area contributed by atoms with Crippen molar-refractivity contribution in [3.63, 3.8) is 0 Å². The van der Waals surface area contributed by atoms with Gasteiger partial charge in [-0.05, 0) is 25.1 Å². The summed E-state index contributed by atoms with van der Waals surface area (Å²) in [5.74, 6) is -2.27. The van der Waals surface area contributed by atoms with Gasteiger partial charge in [-0.25, -0.2) is 9.18 Å². The van der Waals surface area contributed by atoms with Gasteiger partial charge in [-0.1, -0.05) is 25.4 Å². The van der Waals surface area contributed by atoms with Crippen LogP contribution in [-0.4, -0.2) is 40.2 Å². The van der Waals surface area contributed by atoms with Crippen LogP contribution in [0.5, 0.6) is 0 Å². The Balaban J connectivity index is 1.93. The largest absolute Gasteiger partial charge is 0.479 e. The second-order valence-corrected chi connectivity index (χ2v) is 7.42. The number of amides is 1. The average Bonchev–Trinajstić information content (AvgIpc) is 2.90. The Morgan fingerprint density at radius 2 is 2.15 bits per heavy atom. The third kappa shape index (κ3) is 2.57. The van der Waals surface area contributed by atoms with Gasteiger partial charge in [0, 0.05) is 29.3 Å². The quantitative estimate of drug-likeness (QED) is 0.739. The normalized spacial score (nSPS) is 24.3. The van der Waals surface area contributed by atoms with Crippen LogP contribution in [0, 0.1) is 11.2 Å². The number of nitrogens with one attached hydrogen (secondary N) is 2. The average molecular weight is 383 g/mol. The molecule has 1 heterocycles. The fraction of sp³-hybridized carbons (Fsp3) is 0.444. The van der Waals surface area contributed by atoms with Crippen LogP contribution in [0.4, 0.5) is 4.39 Å². The third-order valence-corrected chi connectivity index (χ3v) is 5.77. The Bertz CT molecular complexity index is 895. The van der Waals surface area contributed by atoms with E-state index in [9.17, 15) is 19.1 Å². The van der Waals surface area contributed by atoms with Gasteiger partial charge in [-0.3, -0.25) is 4.79 Å². The smallest absolute Gasteiger partial charge is 0.330 e. The summed E-state index contributed by atoms with van der Waals surface area (Å²) in [4.78, 5) is 27.6. The van der Waals surface area contributed by atoms with E-state index >= 15 is 0 Å². The van der Waals surface area contributed by atoms with Crippen molar-refractivity contribution >= 4 is 34.4 Å². The number of hydrogen-bond donors (Lipinski definition) is 3. The zero-order valence-electron chi connectivity index (χ0n) is 14.7. The second kappa shape index (κ2) is 6.25. The summed E-state index contributed by atoms with van der Waals surface area (Å²) in [5, 5.41) is 12.8. The molecule has 1 fully saturated rings. The molecule has 3 rings (SSSR count). The minimum Gasteiger partial charge on any atom is -0.479 e. The molecule has 2 unspecified atom stereocenters. The summed E-state index contributed by atoms with van der Waals surface area (Å²) in [7, 11) is 0. The first-order chi connectivity index (χ1) is 12.1. The number of carboxylic acid groups (broad SMARTS) is 1. The molecule has 8 heteroatoms. The van der Waals surface area contributed by atoms with E-state index in [0.717, 1.165) is 0 Å². The molecule has 1 aromatic carbocycles. The number of carbonyl (C=O) groups is 2. The van der Waals surface area contributed by atoms with Gasteiger partial charge in [0.25, 0.3) is 5.91 Å². The lowest BCUT2D eigenvalue weighted by atomic mass is 9.54. The van der Waals surface area contributed by atoms with Gasteiger partial charge in [-0.15, -0.1) is 0 Å². The molecule has 0 bridgehead atoms. The van der Waals surface area contributed by atoms with Crippen LogP contribution in [0.3, 0.4) is 0 Å². The number of H-pyrrole nitrogens is 1. The monoisotopic (exact) mass is 382 g/mol. The highest BCUT2D eigenvalue weighted by Crippen LogP contribution is 2.51. The van der Waals surface area contributed by atoms with E-state index in [0.29, 0.717) is 17.5 Å². The van der Waals surface area contributed by atoms with Crippen LogP contribution in [0.25, 0.3) is 10.9 Å². The molecule has 1 aromatic heterocycles. The lowest BCUT2D eigenvalue weighted by Crippen LogP contribution is -2.76. The maximum atomic E-state index is 13.4. The van der Waals surface area contributed by atoms with E-state index in [2.05, 4.69) is 10.3 Å². The van der Waals surface area contributed by atoms with Gasteiger partial charge in [0.05, 0.1) is 11.1 Å². The van der Waals surface area contributed by atoms with Crippen LogP contribution < -0.4 is 5.32 Å². The number of hydrogen-bond acceptors (Lipinski definition) is 3. The Labute approximate surface area is 154 Å². The number of aromatic amines is 1. The molecule has 3 N–H and O–H groups in total. The molecule has 1 amide bonds. The first-order valence-corrected chi connectivity index (χ1v) is 8.66. The lowest BCUT2D eigenvalue weighted by Gasteiger charge is -2.58. The number of aromatic nitrogens is 1. The van der Waals surface area contributed by atoms with Crippen LogP contribution >= 0.6 is 11.6 Å². The molecule has 0 spiro atoms. The SMILES string of the molecule is CCOC1CC(NC(=O)c2[nH]c3ccc(F)cc3c2Cl)(C(=O)O)C1(C)C. The van der Waals surface area contributed by atoms with Gasteiger partial charge >= 0.3 is 5.97 Å². The molecular formula is C18H20ClFN2O4. The van der Waals surface area contributed by atoms with Gasteiger partial charge in [-0.2, -0.15) is 0 Å². The Morgan fingerprint density at radius 3 is 2.73 bits per heavy atom. The van der Waals surface area contributed by atoms with Crippen molar-refractivity contribution in [3.8, 4) is 0 Å². The van der Waals surface area contributed by atoms with Gasteiger partial charge in [0.2, 0.25) is 0 Å². The molecule has 0 saturated heterocycles. The number of carbonyl (C=O) groups excluding carboxylic acids is 1. The lowest BCUT2D eigenvalue weighted by molar-refractivity contribution is -0.190. The van der Waals surface area contributed by atoms with Crippen molar-refractivity contribution in [2.75, 3.05) is 6.61 Å². The number of rotatable bonds is 5. The van der Waals surface area contributed by atoms with Crippen molar-refractivity contribution in [1.82, 2.24) is 10.3 Å². The molecule has 2 atom stereocenters. The summed E-state index contributed by atoms with van der Waals surface area (Å²) in [5.41, 5.74) is -1.79. The summed E-state index contributed by atoms with van der Waals surface area (Å²) in [6, 6.07) is 3.94. The predicted octanol–water partition coefficient (Wildman–Crippen LogP) is 3.35. The molecule has 0 aliphatic heterocycles. The highest BCUT2D eigenvalue weighted by molar-refractivity contribution is 6.38. The maximum Gasteiger partial charge on any atom is 0.330 e. The third-order valence-electron chi connectivity index (χ3n) is 5.38. The van der Waals surface area contributed by atoms with E-state index in [4.69, 9.17) is 16.3 Å². The van der Waals surface area contributed by atoms with Crippen LogP contribution in [0.1, 0.15) is 37.7 Å². The molecule has 6 nitrogen and oxygen atoms in total. The van der Waals surface area contributed by atoms with E-state index in [1.165, 1.54) is 18.2 Å². The molecule has 0 radical (unpaired) electrons. The van der Waals surface area contributed by atoms with E-state index in [-0.39, 0.29) is 23.2 Å². The molecule has 1 aliphatic rings. The molecule has 1 saturated carbocycles. The van der Waals surface area contributed by atoms with Crippen molar-refractivity contribution in [1.29, 1.82) is 0 Å². The number of fused-ring (bicyclic) bond motifs is 1. The Kier molecular flexibility index (Phi) is 4.48. The zero-order valence-corrected chi connectivity index (χ0v) is 15.4. The topological polar surface area (TPSA) is 91.4 Å². The summed E-state index contributed by atoms with van der Waals surface area (Å²) in [6.45, 7) is 5.77. The second-order valence-electron chi connectivity index (χ2n) is 7.04. The Hall–Kier alpha value is -2.12. The molecule has 2 aromatic rings. The minimum atomic E-state index is -1.48. The first kappa shape index (κ1) is 18.7. The highest BCUT2D eigenvalue weighted by Gasteiger charge is 2.66. The highest BCUT2D eigenvalue weighted by atomic mass is 35.5. The fourth-order valence-electron chi connectivity index (χ4n) is 3.58. The van der Waals surface area contributed by atoms with Crippen molar-refractivity contribution in [3.05, 3.63) is 34.7 Å². The Morgan fingerprint density at radius 1 is 1.46 bits per heavy atom. The van der Waals surface area contributed by atoms with E-state index < -0.39 is 28.6 Å². The molecular weight excluding hydrogens is 363 g/mol. The molecule has 26 heavy (non-hydrogen) atoms. The minimum absolute atomic E-state index is 0.00329. The van der Waals surface area contributed by atoms with Gasteiger partial charge < -0.3 is 20.1 Å². The number of aliphatic carboxylic acids is 1. The molecule has 1 aliphatic carbocycles. The van der Waals surface area contributed by atoms with Crippen molar-refractivity contribution in [2.24, 2.45) is 5.41 Å². The number of ether oxygens (including phenoxy) is 1. The number of benzene rings is 1. The maximum absolute atomic E-state index is 13.4. The fourth-order valence-corrected chi connectivity index (χ4v) is 3.87. The van der Waals surface area contributed by atoms with Crippen LogP contribution in [0.15, 0.2) is 18.2 Å². The zero-order chi connectivity index (χ0) is 19.3. The van der Waals surface area contributed by atoms with Crippen molar-refractivity contribution in [2.45, 2.75) is 38.8 Å². The van der Waals surface area contributed by atoms with Crippen molar-refractivity contribution < 1.29 is 23.8 Å². The summed E-state index contributed by atoms with van der Waals surface area (Å²) in [6.07, 6.45) is -0.127. The summed E-state index contributed by atoms with van der Waals surface area (Å²) >= 11 is 6.21. The first-order valence-electron chi connectivity index (χ1n) is 8.28. The standard InChI is InChI=1S/C18H20ClFN2O4/c1-4-26-12-8-18(16(24)25,17(12,2)3)22-15(23)14-13(19)10-7-9(20)5-6-11(10)21-14/h5-7,12,21H,4,8H2,1-3H3,(H,22,23)(H,24,25). The van der Waals surface area contributed by atoms with Crippen LogP contribution in [-0.2, 0) is 9.53 Å². The molecule has 140 valence electrons. The predicted molar refractivity (Wildman–Crippen MR) is 94.9 cm³/mol. The van der Waals surface area contributed by atoms with Gasteiger partial charge in [0.1, 0.15) is 17.1 Å². The number of halogens is 2.